The molecule has 2 aromatic carbocycles. The Labute approximate surface area is 191 Å². The minimum atomic E-state index is -3.46. The van der Waals surface area contributed by atoms with Gasteiger partial charge in [0.15, 0.2) is 24.5 Å². The largest absolute Gasteiger partial charge is 0.380 e. The molecule has 3 aromatic rings. The van der Waals surface area contributed by atoms with E-state index in [1.165, 1.54) is 48.6 Å². The molecular weight excluding hydrogens is 472 g/mol. The van der Waals surface area contributed by atoms with Gasteiger partial charge in [0.2, 0.25) is 0 Å². The Morgan fingerprint density at radius 3 is 2.47 bits per heavy atom. The Balaban J connectivity index is 2.12. The quantitative estimate of drug-likeness (QED) is 0.443. The number of hydrogen-bond donors (Lipinski definition) is 0. The molecule has 0 aliphatic heterocycles. The zero-order chi connectivity index (χ0) is 23.5. The van der Waals surface area contributed by atoms with Gasteiger partial charge in [-0.15, -0.1) is 0 Å². The van der Waals surface area contributed by atoms with Crippen molar-refractivity contribution in [3.63, 3.8) is 0 Å². The number of sulfone groups is 2. The van der Waals surface area contributed by atoms with Gasteiger partial charge in [0, 0.05) is 25.0 Å². The molecule has 0 fully saturated rings. The molecule has 8 nitrogen and oxygen atoms in total. The van der Waals surface area contributed by atoms with E-state index in [2.05, 4.69) is 4.99 Å². The van der Waals surface area contributed by atoms with Crippen molar-refractivity contribution in [2.45, 2.75) is 30.2 Å². The van der Waals surface area contributed by atoms with Crippen molar-refractivity contribution in [1.82, 2.24) is 4.57 Å². The van der Waals surface area contributed by atoms with Gasteiger partial charge in [0.1, 0.15) is 0 Å². The maximum Gasteiger partial charge on any atom is 0.279 e. The van der Waals surface area contributed by atoms with Crippen LogP contribution >= 0.6 is 11.3 Å². The molecule has 0 saturated heterocycles. The molecule has 172 valence electrons. The van der Waals surface area contributed by atoms with Gasteiger partial charge in [-0.1, -0.05) is 24.3 Å². The zero-order valence-electron chi connectivity index (χ0n) is 17.9. The summed E-state index contributed by atoms with van der Waals surface area (Å²) in [6.45, 7) is 4.76. The summed E-state index contributed by atoms with van der Waals surface area (Å²) in [6.07, 6.45) is 1.14. The molecule has 0 aliphatic rings. The molecule has 11 heteroatoms. The SMILES string of the molecule is CCOCCn1c(=NC(=O)c2cccc(S(=O)(=O)CC)c2)sc2cc(S(C)(=O)=O)ccc21. The van der Waals surface area contributed by atoms with Crippen molar-refractivity contribution in [3.8, 4) is 0 Å². The number of nitrogens with zero attached hydrogens (tertiary/aromatic N) is 2. The predicted molar refractivity (Wildman–Crippen MR) is 123 cm³/mol. The predicted octanol–water partition coefficient (Wildman–Crippen LogP) is 2.68. The van der Waals surface area contributed by atoms with Crippen molar-refractivity contribution >= 4 is 47.1 Å². The maximum atomic E-state index is 12.9. The fourth-order valence-electron chi connectivity index (χ4n) is 3.03. The summed E-state index contributed by atoms with van der Waals surface area (Å²) in [7, 11) is -6.85. The molecule has 0 spiro atoms. The van der Waals surface area contributed by atoms with Crippen molar-refractivity contribution < 1.29 is 26.4 Å². The molecule has 0 N–H and O–H groups in total. The zero-order valence-corrected chi connectivity index (χ0v) is 20.4. The van der Waals surface area contributed by atoms with E-state index in [1.54, 1.807) is 16.7 Å². The topological polar surface area (TPSA) is 112 Å². The summed E-state index contributed by atoms with van der Waals surface area (Å²) in [6, 6.07) is 10.6. The van der Waals surface area contributed by atoms with E-state index < -0.39 is 25.6 Å². The molecule has 1 aromatic heterocycles. The fourth-order valence-corrected chi connectivity index (χ4v) is 5.77. The molecule has 3 rings (SSSR count). The van der Waals surface area contributed by atoms with Crippen LogP contribution in [0.3, 0.4) is 0 Å². The number of carbonyl (C=O) groups is 1. The molecule has 0 unspecified atom stereocenters. The van der Waals surface area contributed by atoms with Crippen LogP contribution in [0.1, 0.15) is 24.2 Å². The molecule has 0 bridgehead atoms. The Bertz CT molecular complexity index is 1430. The lowest BCUT2D eigenvalue weighted by Crippen LogP contribution is -2.20. The molecule has 0 saturated carbocycles. The van der Waals surface area contributed by atoms with Gasteiger partial charge in [-0.2, -0.15) is 4.99 Å². The molecule has 0 radical (unpaired) electrons. The summed E-state index contributed by atoms with van der Waals surface area (Å²) in [5.41, 5.74) is 0.890. The lowest BCUT2D eigenvalue weighted by Gasteiger charge is -2.06. The highest BCUT2D eigenvalue weighted by atomic mass is 32.2. The van der Waals surface area contributed by atoms with Crippen molar-refractivity contribution in [3.05, 3.63) is 52.8 Å². The maximum absolute atomic E-state index is 12.9. The van der Waals surface area contributed by atoms with Gasteiger partial charge >= 0.3 is 0 Å². The van der Waals surface area contributed by atoms with Crippen LogP contribution in [-0.4, -0.2) is 52.5 Å². The summed E-state index contributed by atoms with van der Waals surface area (Å²) in [5.74, 6) is -0.656. The molecule has 1 heterocycles. The summed E-state index contributed by atoms with van der Waals surface area (Å²) < 4.78 is 56.1. The van der Waals surface area contributed by atoms with E-state index in [4.69, 9.17) is 4.74 Å². The van der Waals surface area contributed by atoms with Gasteiger partial charge < -0.3 is 9.30 Å². The first-order valence-corrected chi connectivity index (χ1v) is 14.3. The van der Waals surface area contributed by atoms with Crippen molar-refractivity contribution in [2.24, 2.45) is 4.99 Å². The Kier molecular flexibility index (Phi) is 7.33. The fraction of sp³-hybridized carbons (Fsp3) is 0.333. The second-order valence-electron chi connectivity index (χ2n) is 6.98. The molecular formula is C21H24N2O6S3. The normalized spacial score (nSPS) is 13.0. The third-order valence-corrected chi connectivity index (χ3v) is 8.65. The average molecular weight is 497 g/mol. The van der Waals surface area contributed by atoms with Crippen LogP contribution in [0.2, 0.25) is 0 Å². The molecule has 1 amide bonds. The minimum Gasteiger partial charge on any atom is -0.380 e. The van der Waals surface area contributed by atoms with Crippen LogP contribution in [-0.2, 0) is 31.0 Å². The summed E-state index contributed by atoms with van der Waals surface area (Å²) in [4.78, 5) is 17.7. The standard InChI is InChI=1S/C21H24N2O6S3/c1-4-29-12-11-23-18-10-9-16(31(3,25)26)14-19(18)30-21(23)22-20(24)15-7-6-8-17(13-15)32(27,28)5-2/h6-10,13-14H,4-5,11-12H2,1-3H3. The Morgan fingerprint density at radius 1 is 1.06 bits per heavy atom. The highest BCUT2D eigenvalue weighted by Gasteiger charge is 2.16. The van der Waals surface area contributed by atoms with Gasteiger partial charge in [0.05, 0.1) is 32.4 Å². The number of benzene rings is 2. The minimum absolute atomic E-state index is 0.0689. The number of hydrogen-bond acceptors (Lipinski definition) is 7. The second kappa shape index (κ2) is 9.65. The number of carbonyl (C=O) groups excluding carboxylic acids is 1. The van der Waals surface area contributed by atoms with Crippen LogP contribution in [0.4, 0.5) is 0 Å². The van der Waals surface area contributed by atoms with Gasteiger partial charge in [-0.25, -0.2) is 16.8 Å². The first kappa shape index (κ1) is 24.3. The molecule has 0 aliphatic carbocycles. The van der Waals surface area contributed by atoms with Crippen LogP contribution in [0.25, 0.3) is 10.2 Å². The van der Waals surface area contributed by atoms with Gasteiger partial charge in [-0.05, 0) is 43.3 Å². The summed E-state index contributed by atoms with van der Waals surface area (Å²) >= 11 is 1.19. The van der Waals surface area contributed by atoms with Crippen molar-refractivity contribution in [2.75, 3.05) is 25.2 Å². The van der Waals surface area contributed by atoms with E-state index in [9.17, 15) is 21.6 Å². The number of amides is 1. The highest BCUT2D eigenvalue weighted by Crippen LogP contribution is 2.22. The van der Waals surface area contributed by atoms with Gasteiger partial charge in [0.25, 0.3) is 5.91 Å². The van der Waals surface area contributed by atoms with E-state index in [-0.39, 0.29) is 21.1 Å². The number of rotatable bonds is 8. The van der Waals surface area contributed by atoms with E-state index >= 15 is 0 Å². The van der Waals surface area contributed by atoms with Gasteiger partial charge in [-0.3, -0.25) is 4.79 Å². The second-order valence-corrected chi connectivity index (χ2v) is 12.3. The Morgan fingerprint density at radius 2 is 1.81 bits per heavy atom. The number of fused-ring (bicyclic) bond motifs is 1. The van der Waals surface area contributed by atoms with Crippen LogP contribution in [0.15, 0.2) is 57.2 Å². The first-order valence-electron chi connectivity index (χ1n) is 9.90. The Hall–Kier alpha value is -2.34. The lowest BCUT2D eigenvalue weighted by molar-refractivity contribution is 0.0996. The molecule has 0 atom stereocenters. The van der Waals surface area contributed by atoms with E-state index in [1.807, 2.05) is 6.92 Å². The lowest BCUT2D eigenvalue weighted by atomic mass is 10.2. The summed E-state index contributed by atoms with van der Waals surface area (Å²) in [5, 5.41) is 0. The monoisotopic (exact) mass is 496 g/mol. The van der Waals surface area contributed by atoms with Crippen LogP contribution < -0.4 is 4.80 Å². The number of thiazole rings is 1. The molecule has 32 heavy (non-hydrogen) atoms. The third-order valence-electron chi connectivity index (χ3n) is 4.76. The number of aromatic nitrogens is 1. The number of ether oxygens (including phenoxy) is 1. The first-order chi connectivity index (χ1) is 15.1. The van der Waals surface area contributed by atoms with Crippen LogP contribution in [0.5, 0.6) is 0 Å². The van der Waals surface area contributed by atoms with E-state index in [0.29, 0.717) is 29.3 Å². The third kappa shape index (κ3) is 5.34. The smallest absolute Gasteiger partial charge is 0.279 e. The average Bonchev–Trinajstić information content (AvgIpc) is 3.09. The van der Waals surface area contributed by atoms with E-state index in [0.717, 1.165) is 11.8 Å². The van der Waals surface area contributed by atoms with Crippen molar-refractivity contribution in [1.29, 1.82) is 0 Å². The highest BCUT2D eigenvalue weighted by molar-refractivity contribution is 7.91. The van der Waals surface area contributed by atoms with Crippen LogP contribution in [0, 0.1) is 0 Å².